The van der Waals surface area contributed by atoms with Crippen molar-refractivity contribution in [1.29, 1.82) is 0 Å². The first-order valence-corrected chi connectivity index (χ1v) is 6.22. The van der Waals surface area contributed by atoms with Crippen molar-refractivity contribution in [2.24, 2.45) is 0 Å². The van der Waals surface area contributed by atoms with Crippen molar-refractivity contribution in [3.05, 3.63) is 29.8 Å². The minimum Gasteiger partial charge on any atom is -0.399 e. The first-order valence-electron chi connectivity index (χ1n) is 6.22. The fraction of sp³-hybridized carbons (Fsp3) is 0.571. The van der Waals surface area contributed by atoms with Gasteiger partial charge in [-0.3, -0.25) is 0 Å². The summed E-state index contributed by atoms with van der Waals surface area (Å²) in [5, 5.41) is 0. The molecule has 2 rings (SSSR count). The van der Waals surface area contributed by atoms with Crippen LogP contribution >= 0.6 is 0 Å². The minimum absolute atomic E-state index is 0.285. The van der Waals surface area contributed by atoms with Gasteiger partial charge in [0.15, 0.2) is 0 Å². The van der Waals surface area contributed by atoms with Gasteiger partial charge in [-0.2, -0.15) is 0 Å². The van der Waals surface area contributed by atoms with Crippen LogP contribution in [-0.4, -0.2) is 18.3 Å². The standard InChI is InChI=1S/C14H20BO2/c1-6-11-9-7-8-10-12(11)15-16-13(2,3)14(4,5)17-15/h7-9H,6H2,1-5H3. The molecule has 1 aliphatic rings. The Labute approximate surface area is 104 Å². The van der Waals surface area contributed by atoms with Crippen molar-refractivity contribution in [3.8, 4) is 0 Å². The Kier molecular flexibility index (Phi) is 3.09. The van der Waals surface area contributed by atoms with E-state index in [-0.39, 0.29) is 18.3 Å². The summed E-state index contributed by atoms with van der Waals surface area (Å²) in [6, 6.07) is 9.29. The topological polar surface area (TPSA) is 18.5 Å². The second-order valence-corrected chi connectivity index (χ2v) is 5.55. The van der Waals surface area contributed by atoms with E-state index in [1.165, 1.54) is 5.56 Å². The normalized spacial score (nSPS) is 21.8. The zero-order chi connectivity index (χ0) is 12.7. The van der Waals surface area contributed by atoms with Gasteiger partial charge in [-0.1, -0.05) is 25.1 Å². The van der Waals surface area contributed by atoms with Gasteiger partial charge in [0.25, 0.3) is 0 Å². The molecule has 0 aliphatic carbocycles. The third-order valence-corrected chi connectivity index (χ3v) is 3.85. The number of benzene rings is 1. The van der Waals surface area contributed by atoms with Crippen molar-refractivity contribution in [2.45, 2.75) is 52.2 Å². The molecule has 1 heterocycles. The summed E-state index contributed by atoms with van der Waals surface area (Å²) in [6.07, 6.45) is 0.969. The monoisotopic (exact) mass is 231 g/mol. The second-order valence-electron chi connectivity index (χ2n) is 5.55. The van der Waals surface area contributed by atoms with Crippen molar-refractivity contribution in [2.75, 3.05) is 0 Å². The molecule has 1 aliphatic heterocycles. The van der Waals surface area contributed by atoms with Gasteiger partial charge in [-0.05, 0) is 51.2 Å². The summed E-state index contributed by atoms with van der Waals surface area (Å²) in [7, 11) is -0.295. The van der Waals surface area contributed by atoms with Crippen LogP contribution in [0.5, 0.6) is 0 Å². The van der Waals surface area contributed by atoms with Crippen molar-refractivity contribution < 1.29 is 9.31 Å². The fourth-order valence-corrected chi connectivity index (χ4v) is 1.97. The van der Waals surface area contributed by atoms with Crippen LogP contribution < -0.4 is 5.46 Å². The Morgan fingerprint density at radius 2 is 1.76 bits per heavy atom. The summed E-state index contributed by atoms with van der Waals surface area (Å²) in [5.41, 5.74) is 1.71. The molecule has 0 N–H and O–H groups in total. The molecular formula is C14H20BO2. The highest BCUT2D eigenvalue weighted by Crippen LogP contribution is 2.36. The summed E-state index contributed by atoms with van der Waals surface area (Å²) in [5.74, 6) is 0. The van der Waals surface area contributed by atoms with Crippen LogP contribution in [0.15, 0.2) is 18.2 Å². The maximum absolute atomic E-state index is 6.04. The summed E-state index contributed by atoms with van der Waals surface area (Å²) in [6.45, 7) is 10.4. The molecule has 0 unspecified atom stereocenters. The van der Waals surface area contributed by atoms with Gasteiger partial charge in [-0.15, -0.1) is 0 Å². The average molecular weight is 231 g/mol. The number of hydrogen-bond donors (Lipinski definition) is 0. The molecule has 1 radical (unpaired) electrons. The van der Waals surface area contributed by atoms with Crippen LogP contribution in [0.1, 0.15) is 40.2 Å². The highest BCUT2D eigenvalue weighted by Gasteiger charge is 2.52. The summed E-state index contributed by atoms with van der Waals surface area (Å²) < 4.78 is 12.1. The molecule has 0 saturated carbocycles. The molecule has 1 aromatic carbocycles. The molecule has 0 atom stereocenters. The zero-order valence-corrected chi connectivity index (χ0v) is 11.3. The van der Waals surface area contributed by atoms with E-state index in [1.54, 1.807) is 0 Å². The lowest BCUT2D eigenvalue weighted by molar-refractivity contribution is 0.00578. The van der Waals surface area contributed by atoms with Crippen LogP contribution in [0, 0.1) is 6.07 Å². The third-order valence-electron chi connectivity index (χ3n) is 3.85. The summed E-state index contributed by atoms with van der Waals surface area (Å²) in [4.78, 5) is 0. The van der Waals surface area contributed by atoms with Crippen molar-refractivity contribution in [1.82, 2.24) is 0 Å². The van der Waals surface area contributed by atoms with Gasteiger partial charge in [0.2, 0.25) is 0 Å². The molecule has 2 nitrogen and oxygen atoms in total. The SMILES string of the molecule is CCc1ccc[c]c1B1OC(C)(C)C(C)(C)O1. The molecular weight excluding hydrogens is 211 g/mol. The van der Waals surface area contributed by atoms with Gasteiger partial charge >= 0.3 is 7.12 Å². The third kappa shape index (κ3) is 2.14. The Morgan fingerprint density at radius 3 is 2.29 bits per heavy atom. The van der Waals surface area contributed by atoms with Crippen LogP contribution in [0.3, 0.4) is 0 Å². The van der Waals surface area contributed by atoms with Crippen LogP contribution in [0.25, 0.3) is 0 Å². The number of rotatable bonds is 2. The molecule has 0 amide bonds. The molecule has 0 bridgehead atoms. The lowest BCUT2D eigenvalue weighted by Crippen LogP contribution is -2.41. The van der Waals surface area contributed by atoms with E-state index >= 15 is 0 Å². The van der Waals surface area contributed by atoms with Crippen molar-refractivity contribution in [3.63, 3.8) is 0 Å². The number of aryl methyl sites for hydroxylation is 1. The highest BCUT2D eigenvalue weighted by atomic mass is 16.7. The average Bonchev–Trinajstić information content (AvgIpc) is 2.48. The van der Waals surface area contributed by atoms with E-state index in [1.807, 2.05) is 12.1 Å². The quantitative estimate of drug-likeness (QED) is 0.727. The molecule has 1 fully saturated rings. The molecule has 0 aromatic heterocycles. The predicted octanol–water partition coefficient (Wildman–Crippen LogP) is 2.35. The Balaban J connectivity index is 2.32. The second kappa shape index (κ2) is 4.15. The van der Waals surface area contributed by atoms with Gasteiger partial charge in [0.05, 0.1) is 11.2 Å². The Hall–Kier alpha value is -0.795. The highest BCUT2D eigenvalue weighted by molar-refractivity contribution is 6.62. The molecule has 3 heteroatoms. The van der Waals surface area contributed by atoms with E-state index in [4.69, 9.17) is 9.31 Å². The Morgan fingerprint density at radius 1 is 1.18 bits per heavy atom. The molecule has 1 saturated heterocycles. The Bertz CT molecular complexity index is 396. The lowest BCUT2D eigenvalue weighted by atomic mass is 9.75. The van der Waals surface area contributed by atoms with Gasteiger partial charge in [0.1, 0.15) is 0 Å². The maximum Gasteiger partial charge on any atom is 0.495 e. The van der Waals surface area contributed by atoms with E-state index in [0.717, 1.165) is 11.9 Å². The van der Waals surface area contributed by atoms with E-state index in [0.29, 0.717) is 0 Å². The number of hydrogen-bond acceptors (Lipinski definition) is 2. The molecule has 91 valence electrons. The lowest BCUT2D eigenvalue weighted by Gasteiger charge is -2.32. The maximum atomic E-state index is 6.04. The van der Waals surface area contributed by atoms with Gasteiger partial charge < -0.3 is 9.31 Å². The van der Waals surface area contributed by atoms with E-state index in [9.17, 15) is 0 Å². The minimum atomic E-state index is -0.295. The molecule has 0 spiro atoms. The predicted molar refractivity (Wildman–Crippen MR) is 70.4 cm³/mol. The first-order chi connectivity index (χ1) is 7.87. The fourth-order valence-electron chi connectivity index (χ4n) is 1.97. The van der Waals surface area contributed by atoms with E-state index in [2.05, 4.69) is 46.8 Å². The van der Waals surface area contributed by atoms with Crippen LogP contribution in [-0.2, 0) is 15.7 Å². The summed E-state index contributed by atoms with van der Waals surface area (Å²) >= 11 is 0. The van der Waals surface area contributed by atoms with Gasteiger partial charge in [0, 0.05) is 0 Å². The zero-order valence-electron chi connectivity index (χ0n) is 11.3. The molecule has 1 aromatic rings. The van der Waals surface area contributed by atoms with Gasteiger partial charge in [-0.25, -0.2) is 0 Å². The van der Waals surface area contributed by atoms with Crippen LogP contribution in [0.2, 0.25) is 0 Å². The van der Waals surface area contributed by atoms with Crippen molar-refractivity contribution >= 4 is 12.6 Å². The largest absolute Gasteiger partial charge is 0.495 e. The van der Waals surface area contributed by atoms with Crippen LogP contribution in [0.4, 0.5) is 0 Å². The first kappa shape index (κ1) is 12.7. The van der Waals surface area contributed by atoms with E-state index < -0.39 is 0 Å². The molecule has 17 heavy (non-hydrogen) atoms. The smallest absolute Gasteiger partial charge is 0.399 e.